The maximum atomic E-state index is 12.3. The van der Waals surface area contributed by atoms with E-state index < -0.39 is 0 Å². The molecule has 1 saturated heterocycles. The third-order valence-corrected chi connectivity index (χ3v) is 5.62. The van der Waals surface area contributed by atoms with Crippen LogP contribution in [0.4, 0.5) is 0 Å². The number of aromatic nitrogens is 4. The Morgan fingerprint density at radius 3 is 2.78 bits per heavy atom. The minimum absolute atomic E-state index is 0.0272. The van der Waals surface area contributed by atoms with E-state index in [4.69, 9.17) is 4.74 Å². The molecule has 27 heavy (non-hydrogen) atoms. The van der Waals surface area contributed by atoms with Crippen molar-refractivity contribution in [2.24, 2.45) is 0 Å². The molecule has 1 aliphatic rings. The molecule has 1 aromatic carbocycles. The zero-order chi connectivity index (χ0) is 19.3. The summed E-state index contributed by atoms with van der Waals surface area (Å²) in [6, 6.07) is 7.88. The van der Waals surface area contributed by atoms with Crippen LogP contribution in [-0.4, -0.2) is 75.2 Å². The molecule has 0 saturated carbocycles. The molecule has 0 aliphatic carbocycles. The van der Waals surface area contributed by atoms with Gasteiger partial charge >= 0.3 is 0 Å². The average Bonchev–Trinajstić information content (AvgIpc) is 3.14. The number of nitrogens with one attached hydrogen (secondary N) is 1. The van der Waals surface area contributed by atoms with E-state index >= 15 is 0 Å². The molecule has 8 nitrogen and oxygen atoms in total. The molecule has 2 aromatic rings. The molecule has 9 heteroatoms. The molecular formula is C18H26N6O2S. The lowest BCUT2D eigenvalue weighted by Gasteiger charge is -2.40. The Morgan fingerprint density at radius 2 is 2.04 bits per heavy atom. The van der Waals surface area contributed by atoms with E-state index in [2.05, 4.69) is 39.6 Å². The van der Waals surface area contributed by atoms with Crippen LogP contribution in [0, 0.1) is 6.92 Å². The summed E-state index contributed by atoms with van der Waals surface area (Å²) in [5.74, 6) is 0.242. The monoisotopic (exact) mass is 390 g/mol. The summed E-state index contributed by atoms with van der Waals surface area (Å²) in [5, 5.41) is 15.5. The Labute approximate surface area is 163 Å². The smallest absolute Gasteiger partial charge is 0.230 e. The first-order valence-corrected chi connectivity index (χ1v) is 10.0. The summed E-state index contributed by atoms with van der Waals surface area (Å²) in [5.41, 5.74) is 1.88. The van der Waals surface area contributed by atoms with Crippen LogP contribution in [0.1, 0.15) is 19.4 Å². The first kappa shape index (κ1) is 19.8. The van der Waals surface area contributed by atoms with Gasteiger partial charge in [0.05, 0.1) is 24.7 Å². The van der Waals surface area contributed by atoms with Crippen LogP contribution < -0.4 is 5.32 Å². The van der Waals surface area contributed by atoms with Gasteiger partial charge in [-0.1, -0.05) is 30.0 Å². The predicted octanol–water partition coefficient (Wildman–Crippen LogP) is 1.29. The van der Waals surface area contributed by atoms with Crippen molar-refractivity contribution in [3.05, 3.63) is 29.8 Å². The summed E-state index contributed by atoms with van der Waals surface area (Å²) in [6.07, 6.45) is 0. The molecule has 0 unspecified atom stereocenters. The highest BCUT2D eigenvalue weighted by Crippen LogP contribution is 2.20. The van der Waals surface area contributed by atoms with Crippen molar-refractivity contribution in [2.75, 3.05) is 38.6 Å². The topological polar surface area (TPSA) is 85.2 Å². The number of thioether (sulfide) groups is 1. The van der Waals surface area contributed by atoms with Crippen LogP contribution >= 0.6 is 11.8 Å². The van der Waals surface area contributed by atoms with Gasteiger partial charge in [-0.3, -0.25) is 9.69 Å². The van der Waals surface area contributed by atoms with Crippen LogP contribution in [0.3, 0.4) is 0 Å². The molecule has 3 rings (SSSR count). The van der Waals surface area contributed by atoms with Crippen molar-refractivity contribution in [1.29, 1.82) is 0 Å². The number of hydrogen-bond acceptors (Lipinski definition) is 7. The van der Waals surface area contributed by atoms with Gasteiger partial charge in [-0.2, -0.15) is 4.68 Å². The lowest BCUT2D eigenvalue weighted by Crippen LogP contribution is -2.55. The zero-order valence-corrected chi connectivity index (χ0v) is 16.8. The number of benzene rings is 1. The minimum atomic E-state index is -0.104. The first-order chi connectivity index (χ1) is 13.0. The third-order valence-electron chi connectivity index (χ3n) is 4.70. The van der Waals surface area contributed by atoms with Crippen LogP contribution in [0.25, 0.3) is 5.69 Å². The van der Waals surface area contributed by atoms with Crippen LogP contribution in [-0.2, 0) is 9.53 Å². The maximum Gasteiger partial charge on any atom is 0.230 e. The van der Waals surface area contributed by atoms with Gasteiger partial charge in [0.15, 0.2) is 0 Å². The molecule has 2 heterocycles. The van der Waals surface area contributed by atoms with Gasteiger partial charge in [0.1, 0.15) is 0 Å². The standard InChI is InChI=1S/C18H26N6O2S/c1-14-6-4-5-7-15(14)24-17(20-21-22-24)27-12-16(25)19-13-18(2,3)23-8-10-26-11-9-23/h4-7H,8-13H2,1-3H3,(H,19,25). The number of carbonyl (C=O) groups is 1. The van der Waals surface area contributed by atoms with Crippen molar-refractivity contribution in [3.8, 4) is 5.69 Å². The number of nitrogens with zero attached hydrogens (tertiary/aromatic N) is 5. The van der Waals surface area contributed by atoms with Crippen molar-refractivity contribution in [3.63, 3.8) is 0 Å². The molecule has 1 fully saturated rings. The molecule has 1 aromatic heterocycles. The first-order valence-electron chi connectivity index (χ1n) is 9.04. The number of aryl methyl sites for hydroxylation is 1. The van der Waals surface area contributed by atoms with Crippen LogP contribution in [0.2, 0.25) is 0 Å². The summed E-state index contributed by atoms with van der Waals surface area (Å²) in [4.78, 5) is 14.7. The Hall–Kier alpha value is -1.97. The van der Waals surface area contributed by atoms with Crippen molar-refractivity contribution < 1.29 is 9.53 Å². The van der Waals surface area contributed by atoms with Crippen molar-refractivity contribution >= 4 is 17.7 Å². The van der Waals surface area contributed by atoms with E-state index in [-0.39, 0.29) is 17.2 Å². The summed E-state index contributed by atoms with van der Waals surface area (Å²) < 4.78 is 7.07. The fourth-order valence-corrected chi connectivity index (χ4v) is 3.71. The SMILES string of the molecule is Cc1ccccc1-n1nnnc1SCC(=O)NCC(C)(C)N1CCOCC1. The number of hydrogen-bond donors (Lipinski definition) is 1. The molecule has 0 spiro atoms. The number of tetrazole rings is 1. The molecule has 146 valence electrons. The van der Waals surface area contributed by atoms with Crippen LogP contribution in [0.15, 0.2) is 29.4 Å². The fraction of sp³-hybridized carbons (Fsp3) is 0.556. The normalized spacial score (nSPS) is 15.7. The molecule has 0 radical (unpaired) electrons. The van der Waals surface area contributed by atoms with Gasteiger partial charge in [0, 0.05) is 25.2 Å². The largest absolute Gasteiger partial charge is 0.379 e. The van der Waals surface area contributed by atoms with Gasteiger partial charge in [-0.05, 0) is 42.8 Å². The molecule has 1 N–H and O–H groups in total. The molecular weight excluding hydrogens is 364 g/mol. The highest BCUT2D eigenvalue weighted by atomic mass is 32.2. The van der Waals surface area contributed by atoms with E-state index in [9.17, 15) is 4.79 Å². The lowest BCUT2D eigenvalue weighted by molar-refractivity contribution is -0.119. The zero-order valence-electron chi connectivity index (χ0n) is 16.0. The van der Waals surface area contributed by atoms with Gasteiger partial charge < -0.3 is 10.1 Å². The van der Waals surface area contributed by atoms with Gasteiger partial charge in [-0.25, -0.2) is 0 Å². The molecule has 1 aliphatic heterocycles. The number of para-hydroxylation sites is 1. The number of rotatable bonds is 7. The quantitative estimate of drug-likeness (QED) is 0.713. The second kappa shape index (κ2) is 8.81. The Kier molecular flexibility index (Phi) is 6.46. The Morgan fingerprint density at radius 1 is 1.30 bits per heavy atom. The van der Waals surface area contributed by atoms with E-state index in [1.54, 1.807) is 4.68 Å². The van der Waals surface area contributed by atoms with Crippen molar-refractivity contribution in [2.45, 2.75) is 31.5 Å². The second-order valence-electron chi connectivity index (χ2n) is 7.14. The molecule has 0 atom stereocenters. The van der Waals surface area contributed by atoms with E-state index in [1.807, 2.05) is 31.2 Å². The number of carbonyl (C=O) groups excluding carboxylic acids is 1. The fourth-order valence-electron chi connectivity index (χ4n) is 3.00. The molecule has 0 bridgehead atoms. The predicted molar refractivity (Wildman–Crippen MR) is 104 cm³/mol. The highest BCUT2D eigenvalue weighted by Gasteiger charge is 2.28. The Bertz CT molecular complexity index is 773. The second-order valence-corrected chi connectivity index (χ2v) is 8.08. The average molecular weight is 391 g/mol. The van der Waals surface area contributed by atoms with Crippen molar-refractivity contribution in [1.82, 2.24) is 30.4 Å². The Balaban J connectivity index is 1.53. The molecule has 1 amide bonds. The summed E-state index contributed by atoms with van der Waals surface area (Å²) >= 11 is 1.33. The summed E-state index contributed by atoms with van der Waals surface area (Å²) in [6.45, 7) is 10.2. The van der Waals surface area contributed by atoms with Gasteiger partial charge in [0.25, 0.3) is 0 Å². The van der Waals surface area contributed by atoms with E-state index in [0.29, 0.717) is 11.7 Å². The van der Waals surface area contributed by atoms with Gasteiger partial charge in [-0.15, -0.1) is 5.10 Å². The maximum absolute atomic E-state index is 12.3. The number of morpholine rings is 1. The van der Waals surface area contributed by atoms with Gasteiger partial charge in [0.2, 0.25) is 11.1 Å². The van der Waals surface area contributed by atoms with E-state index in [1.165, 1.54) is 11.8 Å². The number of ether oxygens (including phenoxy) is 1. The number of amides is 1. The third kappa shape index (κ3) is 5.06. The summed E-state index contributed by atoms with van der Waals surface area (Å²) in [7, 11) is 0. The minimum Gasteiger partial charge on any atom is -0.379 e. The highest BCUT2D eigenvalue weighted by molar-refractivity contribution is 7.99. The lowest BCUT2D eigenvalue weighted by atomic mass is 10.0. The van der Waals surface area contributed by atoms with Crippen LogP contribution in [0.5, 0.6) is 0 Å². The van der Waals surface area contributed by atoms with E-state index in [0.717, 1.165) is 37.6 Å².